The molecule has 0 atom stereocenters. The van der Waals surface area contributed by atoms with Crippen LogP contribution in [0.4, 0.5) is 5.69 Å². The van der Waals surface area contributed by atoms with E-state index in [0.29, 0.717) is 0 Å². The first-order valence-corrected chi connectivity index (χ1v) is 5.77. The van der Waals surface area contributed by atoms with Crippen LogP contribution in [0.3, 0.4) is 0 Å². The van der Waals surface area contributed by atoms with E-state index < -0.39 is 0 Å². The molecule has 84 valence electrons. The highest BCUT2D eigenvalue weighted by Gasteiger charge is 2.26. The molecule has 0 fully saturated rings. The van der Waals surface area contributed by atoms with Gasteiger partial charge in [0.05, 0.1) is 0 Å². The standard InChI is InChI=1S/C15H19N/c1-15(2)12-8-7-11-14(15)16(3)13-9-5-4-6-10-13/h4-11H,12H2,1-3H3. The lowest BCUT2D eigenvalue weighted by molar-refractivity contribution is 0.437. The summed E-state index contributed by atoms with van der Waals surface area (Å²) in [5.41, 5.74) is 2.85. The molecule has 0 radical (unpaired) electrons. The highest BCUT2D eigenvalue weighted by atomic mass is 15.1. The van der Waals surface area contributed by atoms with Crippen molar-refractivity contribution in [2.75, 3.05) is 11.9 Å². The molecule has 1 aromatic carbocycles. The quantitative estimate of drug-likeness (QED) is 0.718. The van der Waals surface area contributed by atoms with Gasteiger partial charge in [-0.05, 0) is 24.6 Å². The molecule has 16 heavy (non-hydrogen) atoms. The fourth-order valence-corrected chi connectivity index (χ4v) is 2.21. The summed E-state index contributed by atoms with van der Waals surface area (Å²) >= 11 is 0. The summed E-state index contributed by atoms with van der Waals surface area (Å²) in [6, 6.07) is 10.5. The van der Waals surface area contributed by atoms with Gasteiger partial charge in [0.25, 0.3) is 0 Å². The Morgan fingerprint density at radius 3 is 2.44 bits per heavy atom. The number of benzene rings is 1. The van der Waals surface area contributed by atoms with Crippen LogP contribution >= 0.6 is 0 Å². The molecule has 0 heterocycles. The van der Waals surface area contributed by atoms with Crippen molar-refractivity contribution in [1.29, 1.82) is 0 Å². The van der Waals surface area contributed by atoms with E-state index in [1.165, 1.54) is 11.4 Å². The maximum Gasteiger partial charge on any atom is 0.0405 e. The first-order valence-electron chi connectivity index (χ1n) is 5.77. The molecule has 0 saturated heterocycles. The van der Waals surface area contributed by atoms with Gasteiger partial charge in [0, 0.05) is 23.8 Å². The molecule has 1 aliphatic rings. The van der Waals surface area contributed by atoms with Crippen molar-refractivity contribution in [3.05, 3.63) is 54.3 Å². The average Bonchev–Trinajstić information content (AvgIpc) is 2.29. The van der Waals surface area contributed by atoms with Crippen molar-refractivity contribution >= 4 is 5.69 Å². The molecular formula is C15H19N. The van der Waals surface area contributed by atoms with Crippen LogP contribution in [0.1, 0.15) is 20.3 Å². The van der Waals surface area contributed by atoms with E-state index in [-0.39, 0.29) is 5.41 Å². The van der Waals surface area contributed by atoms with Gasteiger partial charge in [0.15, 0.2) is 0 Å². The fourth-order valence-electron chi connectivity index (χ4n) is 2.21. The maximum absolute atomic E-state index is 2.29. The Labute approximate surface area is 98.1 Å². The Hall–Kier alpha value is -1.50. The number of para-hydroxylation sites is 1. The van der Waals surface area contributed by atoms with Crippen LogP contribution in [0.25, 0.3) is 0 Å². The molecule has 1 aromatic rings. The molecule has 0 saturated carbocycles. The second-order valence-corrected chi connectivity index (χ2v) is 4.96. The predicted octanol–water partition coefficient (Wildman–Crippen LogP) is 3.99. The highest BCUT2D eigenvalue weighted by molar-refractivity contribution is 5.53. The number of nitrogens with zero attached hydrogens (tertiary/aromatic N) is 1. The smallest absolute Gasteiger partial charge is 0.0405 e. The third-order valence-electron chi connectivity index (χ3n) is 3.22. The van der Waals surface area contributed by atoms with Crippen molar-refractivity contribution < 1.29 is 0 Å². The Balaban J connectivity index is 2.31. The van der Waals surface area contributed by atoms with Crippen LogP contribution in [0.5, 0.6) is 0 Å². The van der Waals surface area contributed by atoms with Crippen molar-refractivity contribution in [2.24, 2.45) is 5.41 Å². The highest BCUT2D eigenvalue weighted by Crippen LogP contribution is 2.37. The minimum absolute atomic E-state index is 0.222. The fraction of sp³-hybridized carbons (Fsp3) is 0.333. The molecule has 0 N–H and O–H groups in total. The summed E-state index contributed by atoms with van der Waals surface area (Å²) in [6.07, 6.45) is 7.72. The molecule has 0 unspecified atom stereocenters. The van der Waals surface area contributed by atoms with E-state index in [1.54, 1.807) is 0 Å². The number of hydrogen-bond acceptors (Lipinski definition) is 1. The first-order chi connectivity index (χ1) is 7.61. The zero-order valence-electron chi connectivity index (χ0n) is 10.3. The maximum atomic E-state index is 2.29. The molecule has 2 rings (SSSR count). The van der Waals surface area contributed by atoms with Crippen molar-refractivity contribution in [2.45, 2.75) is 20.3 Å². The van der Waals surface area contributed by atoms with Gasteiger partial charge in [-0.3, -0.25) is 0 Å². The second-order valence-electron chi connectivity index (χ2n) is 4.96. The minimum Gasteiger partial charge on any atom is -0.348 e. The molecule has 1 nitrogen and oxygen atoms in total. The molecule has 0 amide bonds. The van der Waals surface area contributed by atoms with E-state index >= 15 is 0 Å². The third kappa shape index (κ3) is 2.04. The van der Waals surface area contributed by atoms with Gasteiger partial charge in [0.1, 0.15) is 0 Å². The van der Waals surface area contributed by atoms with E-state index in [1.807, 2.05) is 0 Å². The molecule has 1 aliphatic carbocycles. The normalized spacial score (nSPS) is 18.1. The Kier molecular flexibility index (Phi) is 2.86. The number of rotatable bonds is 2. The lowest BCUT2D eigenvalue weighted by Gasteiger charge is -2.36. The van der Waals surface area contributed by atoms with Gasteiger partial charge < -0.3 is 4.90 Å². The van der Waals surface area contributed by atoms with Crippen LogP contribution in [-0.4, -0.2) is 7.05 Å². The van der Waals surface area contributed by atoms with Crippen LogP contribution in [0, 0.1) is 5.41 Å². The number of hydrogen-bond donors (Lipinski definition) is 0. The summed E-state index contributed by atoms with van der Waals surface area (Å²) in [5, 5.41) is 0. The molecule has 0 bridgehead atoms. The summed E-state index contributed by atoms with van der Waals surface area (Å²) in [4.78, 5) is 2.28. The third-order valence-corrected chi connectivity index (χ3v) is 3.22. The van der Waals surface area contributed by atoms with E-state index in [9.17, 15) is 0 Å². The van der Waals surface area contributed by atoms with E-state index in [2.05, 4.69) is 74.4 Å². The molecular weight excluding hydrogens is 194 g/mol. The molecule has 0 aromatic heterocycles. The van der Waals surface area contributed by atoms with Gasteiger partial charge in [-0.1, -0.05) is 44.2 Å². The van der Waals surface area contributed by atoms with Crippen LogP contribution < -0.4 is 4.90 Å². The molecule has 0 aliphatic heterocycles. The van der Waals surface area contributed by atoms with Crippen molar-refractivity contribution in [3.8, 4) is 0 Å². The summed E-state index contributed by atoms with van der Waals surface area (Å²) in [7, 11) is 2.14. The van der Waals surface area contributed by atoms with Crippen LogP contribution in [0.2, 0.25) is 0 Å². The topological polar surface area (TPSA) is 3.24 Å². The van der Waals surface area contributed by atoms with E-state index in [0.717, 1.165) is 6.42 Å². The number of allylic oxidation sites excluding steroid dienone is 4. The van der Waals surface area contributed by atoms with Gasteiger partial charge in [-0.15, -0.1) is 0 Å². The minimum atomic E-state index is 0.222. The SMILES string of the molecule is CN(C1=CC=CCC1(C)C)c1ccccc1. The van der Waals surface area contributed by atoms with Crippen LogP contribution in [-0.2, 0) is 0 Å². The van der Waals surface area contributed by atoms with Gasteiger partial charge in [-0.25, -0.2) is 0 Å². The van der Waals surface area contributed by atoms with Crippen molar-refractivity contribution in [3.63, 3.8) is 0 Å². The Morgan fingerprint density at radius 2 is 1.81 bits per heavy atom. The van der Waals surface area contributed by atoms with Gasteiger partial charge in [-0.2, -0.15) is 0 Å². The average molecular weight is 213 g/mol. The zero-order valence-corrected chi connectivity index (χ0v) is 10.3. The van der Waals surface area contributed by atoms with Gasteiger partial charge in [0.2, 0.25) is 0 Å². The summed E-state index contributed by atoms with van der Waals surface area (Å²) in [6.45, 7) is 4.59. The number of anilines is 1. The largest absolute Gasteiger partial charge is 0.348 e. The molecule has 1 heteroatoms. The van der Waals surface area contributed by atoms with Crippen LogP contribution in [0.15, 0.2) is 54.3 Å². The Morgan fingerprint density at radius 1 is 1.12 bits per heavy atom. The summed E-state index contributed by atoms with van der Waals surface area (Å²) in [5.74, 6) is 0. The monoisotopic (exact) mass is 213 g/mol. The Bertz CT molecular complexity index is 412. The lowest BCUT2D eigenvalue weighted by Crippen LogP contribution is -2.29. The lowest BCUT2D eigenvalue weighted by atomic mass is 9.82. The second kappa shape index (κ2) is 4.17. The van der Waals surface area contributed by atoms with Crippen molar-refractivity contribution in [1.82, 2.24) is 0 Å². The molecule has 0 spiro atoms. The van der Waals surface area contributed by atoms with E-state index in [4.69, 9.17) is 0 Å². The van der Waals surface area contributed by atoms with Gasteiger partial charge >= 0.3 is 0 Å². The first kappa shape index (κ1) is 11.0. The predicted molar refractivity (Wildman–Crippen MR) is 70.5 cm³/mol. The zero-order chi connectivity index (χ0) is 11.6. The summed E-state index contributed by atoms with van der Waals surface area (Å²) < 4.78 is 0.